The molecular formula is C13H20N4S. The van der Waals surface area contributed by atoms with Crippen LogP contribution in [0.25, 0.3) is 0 Å². The maximum absolute atomic E-state index is 5.69. The van der Waals surface area contributed by atoms with Gasteiger partial charge in [0.05, 0.1) is 5.56 Å². The van der Waals surface area contributed by atoms with Crippen molar-refractivity contribution < 1.29 is 0 Å². The molecule has 2 rings (SSSR count). The highest BCUT2D eigenvalue weighted by molar-refractivity contribution is 7.80. The lowest BCUT2D eigenvalue weighted by molar-refractivity contribution is 0.277. The van der Waals surface area contributed by atoms with Crippen LogP contribution >= 0.6 is 12.2 Å². The first-order valence-electron chi connectivity index (χ1n) is 6.45. The number of nitrogens with two attached hydrogens (primary N) is 1. The summed E-state index contributed by atoms with van der Waals surface area (Å²) in [5, 5.41) is 3.38. The molecular weight excluding hydrogens is 244 g/mol. The van der Waals surface area contributed by atoms with Crippen molar-refractivity contribution in [1.29, 1.82) is 0 Å². The Kier molecular flexibility index (Phi) is 4.49. The normalized spacial score (nSPS) is 19.9. The zero-order valence-electron chi connectivity index (χ0n) is 10.7. The molecule has 1 unspecified atom stereocenters. The third-order valence-corrected chi connectivity index (χ3v) is 3.70. The Morgan fingerprint density at radius 1 is 1.67 bits per heavy atom. The van der Waals surface area contributed by atoms with Crippen LogP contribution in [0.4, 0.5) is 5.82 Å². The molecule has 0 spiro atoms. The average Bonchev–Trinajstić information content (AvgIpc) is 2.84. The van der Waals surface area contributed by atoms with Crippen molar-refractivity contribution in [3.8, 4) is 0 Å². The Morgan fingerprint density at radius 3 is 3.22 bits per heavy atom. The van der Waals surface area contributed by atoms with Crippen molar-refractivity contribution in [2.45, 2.75) is 25.8 Å². The lowest BCUT2D eigenvalue weighted by Gasteiger charge is -2.23. The van der Waals surface area contributed by atoms with E-state index in [0.717, 1.165) is 24.5 Å². The van der Waals surface area contributed by atoms with E-state index >= 15 is 0 Å². The van der Waals surface area contributed by atoms with Crippen molar-refractivity contribution in [2.24, 2.45) is 5.73 Å². The first kappa shape index (κ1) is 13.2. The minimum atomic E-state index is 0.393. The summed E-state index contributed by atoms with van der Waals surface area (Å²) < 4.78 is 0. The number of nitrogens with one attached hydrogen (secondary N) is 1. The molecule has 1 aliphatic heterocycles. The summed E-state index contributed by atoms with van der Waals surface area (Å²) in [6.45, 7) is 5.42. The second-order valence-corrected chi connectivity index (χ2v) is 5.01. The quantitative estimate of drug-likeness (QED) is 0.791. The number of likely N-dealkylation sites (N-methyl/N-ethyl adjacent to an activating group) is 1. The minimum absolute atomic E-state index is 0.393. The predicted octanol–water partition coefficient (Wildman–Crippen LogP) is 1.61. The molecule has 98 valence electrons. The molecule has 2 heterocycles. The van der Waals surface area contributed by atoms with Crippen molar-refractivity contribution in [2.75, 3.05) is 25.0 Å². The number of thiocarbonyl (C=S) groups is 1. The molecule has 0 amide bonds. The number of aromatic nitrogens is 1. The number of anilines is 1. The molecule has 1 aromatic heterocycles. The largest absolute Gasteiger partial charge is 0.389 e. The fraction of sp³-hybridized carbons (Fsp3) is 0.538. The molecule has 18 heavy (non-hydrogen) atoms. The summed E-state index contributed by atoms with van der Waals surface area (Å²) in [4.78, 5) is 7.20. The minimum Gasteiger partial charge on any atom is -0.389 e. The van der Waals surface area contributed by atoms with Crippen LogP contribution in [0.3, 0.4) is 0 Å². The lowest BCUT2D eigenvalue weighted by Crippen LogP contribution is -2.35. The number of nitrogens with zero attached hydrogens (tertiary/aromatic N) is 2. The van der Waals surface area contributed by atoms with E-state index in [2.05, 4.69) is 22.1 Å². The highest BCUT2D eigenvalue weighted by Gasteiger charge is 2.22. The maximum atomic E-state index is 5.69. The van der Waals surface area contributed by atoms with Gasteiger partial charge < -0.3 is 11.1 Å². The number of pyridine rings is 1. The summed E-state index contributed by atoms with van der Waals surface area (Å²) in [6.07, 6.45) is 4.29. The zero-order valence-corrected chi connectivity index (χ0v) is 11.5. The number of hydrogen-bond donors (Lipinski definition) is 2. The van der Waals surface area contributed by atoms with Crippen LogP contribution in [-0.2, 0) is 0 Å². The van der Waals surface area contributed by atoms with Gasteiger partial charge in [0.2, 0.25) is 0 Å². The SMILES string of the molecule is CCN1CCCC1CNc1ncccc1C(N)=S. The van der Waals surface area contributed by atoms with Gasteiger partial charge in [0.25, 0.3) is 0 Å². The van der Waals surface area contributed by atoms with Gasteiger partial charge in [-0.3, -0.25) is 4.90 Å². The Bertz CT molecular complexity index is 421. The Hall–Kier alpha value is -1.20. The van der Waals surface area contributed by atoms with E-state index in [1.54, 1.807) is 6.20 Å². The number of rotatable bonds is 5. The van der Waals surface area contributed by atoms with Crippen LogP contribution in [0.5, 0.6) is 0 Å². The fourth-order valence-corrected chi connectivity index (χ4v) is 2.67. The molecule has 5 heteroatoms. The topological polar surface area (TPSA) is 54.2 Å². The molecule has 4 nitrogen and oxygen atoms in total. The van der Waals surface area contributed by atoms with Gasteiger partial charge in [0, 0.05) is 18.8 Å². The van der Waals surface area contributed by atoms with Gasteiger partial charge in [-0.05, 0) is 38.1 Å². The second kappa shape index (κ2) is 6.11. The van der Waals surface area contributed by atoms with E-state index in [0.29, 0.717) is 11.0 Å². The number of hydrogen-bond acceptors (Lipinski definition) is 4. The van der Waals surface area contributed by atoms with Crippen molar-refractivity contribution in [3.05, 3.63) is 23.9 Å². The van der Waals surface area contributed by atoms with Crippen LogP contribution in [0.2, 0.25) is 0 Å². The highest BCUT2D eigenvalue weighted by atomic mass is 32.1. The van der Waals surface area contributed by atoms with Crippen LogP contribution < -0.4 is 11.1 Å². The van der Waals surface area contributed by atoms with E-state index in [1.807, 2.05) is 12.1 Å². The summed E-state index contributed by atoms with van der Waals surface area (Å²) in [6, 6.07) is 4.36. The van der Waals surface area contributed by atoms with E-state index in [-0.39, 0.29) is 0 Å². The second-order valence-electron chi connectivity index (χ2n) is 4.57. The number of likely N-dealkylation sites (tertiary alicyclic amines) is 1. The first-order valence-corrected chi connectivity index (χ1v) is 6.86. The molecule has 1 fully saturated rings. The highest BCUT2D eigenvalue weighted by Crippen LogP contribution is 2.18. The maximum Gasteiger partial charge on any atom is 0.136 e. The van der Waals surface area contributed by atoms with E-state index in [1.165, 1.54) is 19.4 Å². The molecule has 1 aromatic rings. The van der Waals surface area contributed by atoms with E-state index < -0.39 is 0 Å². The Balaban J connectivity index is 2.00. The standard InChI is InChI=1S/C13H20N4S/c1-2-17-8-4-5-10(17)9-16-13-11(12(14)18)6-3-7-15-13/h3,6-7,10H,2,4-5,8-9H2,1H3,(H2,14,18)(H,15,16). The Morgan fingerprint density at radius 2 is 2.50 bits per heavy atom. The van der Waals surface area contributed by atoms with Gasteiger partial charge in [0.1, 0.15) is 10.8 Å². The molecule has 0 aromatic carbocycles. The van der Waals surface area contributed by atoms with Crippen molar-refractivity contribution in [3.63, 3.8) is 0 Å². The van der Waals surface area contributed by atoms with Crippen LogP contribution in [-0.4, -0.2) is 40.5 Å². The third-order valence-electron chi connectivity index (χ3n) is 3.48. The van der Waals surface area contributed by atoms with Crippen molar-refractivity contribution >= 4 is 23.0 Å². The molecule has 0 aliphatic carbocycles. The van der Waals surface area contributed by atoms with E-state index in [4.69, 9.17) is 18.0 Å². The van der Waals surface area contributed by atoms with Gasteiger partial charge in [0.15, 0.2) is 0 Å². The molecule has 3 N–H and O–H groups in total. The molecule has 0 radical (unpaired) electrons. The third kappa shape index (κ3) is 2.97. The Labute approximate surface area is 114 Å². The lowest BCUT2D eigenvalue weighted by atomic mass is 10.2. The molecule has 0 bridgehead atoms. The summed E-state index contributed by atoms with van der Waals surface area (Å²) >= 11 is 5.03. The van der Waals surface area contributed by atoms with Crippen LogP contribution in [0.15, 0.2) is 18.3 Å². The predicted molar refractivity (Wildman–Crippen MR) is 78.9 cm³/mol. The van der Waals surface area contributed by atoms with E-state index in [9.17, 15) is 0 Å². The van der Waals surface area contributed by atoms with Crippen LogP contribution in [0.1, 0.15) is 25.3 Å². The van der Waals surface area contributed by atoms with Gasteiger partial charge in [-0.2, -0.15) is 0 Å². The van der Waals surface area contributed by atoms with Gasteiger partial charge in [-0.15, -0.1) is 0 Å². The summed E-state index contributed by atoms with van der Waals surface area (Å²) in [5.41, 5.74) is 6.52. The van der Waals surface area contributed by atoms with Crippen LogP contribution in [0, 0.1) is 0 Å². The monoisotopic (exact) mass is 264 g/mol. The van der Waals surface area contributed by atoms with Crippen molar-refractivity contribution in [1.82, 2.24) is 9.88 Å². The summed E-state index contributed by atoms with van der Waals surface area (Å²) in [7, 11) is 0. The first-order chi connectivity index (χ1) is 8.72. The van der Waals surface area contributed by atoms with Gasteiger partial charge in [-0.1, -0.05) is 19.1 Å². The zero-order chi connectivity index (χ0) is 13.0. The average molecular weight is 264 g/mol. The fourth-order valence-electron chi connectivity index (χ4n) is 2.50. The molecule has 0 saturated carbocycles. The van der Waals surface area contributed by atoms with Gasteiger partial charge in [-0.25, -0.2) is 4.98 Å². The smallest absolute Gasteiger partial charge is 0.136 e. The van der Waals surface area contributed by atoms with Gasteiger partial charge >= 0.3 is 0 Å². The summed E-state index contributed by atoms with van der Waals surface area (Å²) in [5.74, 6) is 0.799. The molecule has 1 atom stereocenters. The molecule has 1 aliphatic rings. The molecule has 1 saturated heterocycles.